The summed E-state index contributed by atoms with van der Waals surface area (Å²) in [6.45, 7) is 3.85. The van der Waals surface area contributed by atoms with Crippen LogP contribution < -0.4 is 69.3 Å². The third-order valence-electron chi connectivity index (χ3n) is 3.84. The van der Waals surface area contributed by atoms with E-state index in [0.29, 0.717) is 6.54 Å². The van der Waals surface area contributed by atoms with Crippen LogP contribution in [-0.4, -0.2) is 24.7 Å². The van der Waals surface area contributed by atoms with Crippen molar-refractivity contribution in [2.24, 2.45) is 4.99 Å². The third-order valence-corrected chi connectivity index (χ3v) is 3.84. The van der Waals surface area contributed by atoms with Gasteiger partial charge in [0.05, 0.1) is 5.97 Å². The van der Waals surface area contributed by atoms with Crippen LogP contribution in [0.15, 0.2) is 4.99 Å². The van der Waals surface area contributed by atoms with Crippen molar-refractivity contribution in [1.29, 1.82) is 0 Å². The van der Waals surface area contributed by atoms with Crippen LogP contribution in [0.25, 0.3) is 0 Å². The van der Waals surface area contributed by atoms with E-state index in [1.165, 1.54) is 77.0 Å². The van der Waals surface area contributed by atoms with Crippen LogP contribution in [-0.2, 0) is 9.59 Å². The Hall–Kier alpha value is 0.610. The van der Waals surface area contributed by atoms with Crippen molar-refractivity contribution < 1.29 is 78.9 Å². The molecule has 0 bridgehead atoms. The summed E-state index contributed by atoms with van der Waals surface area (Å²) in [5.74, 6) is -2.28. The smallest absolute Gasteiger partial charge is 0.550 e. The second-order valence-electron chi connectivity index (χ2n) is 6.44. The topological polar surface area (TPSA) is 92.6 Å². The van der Waals surface area contributed by atoms with Gasteiger partial charge in [-0.3, -0.25) is 4.99 Å². The van der Waals surface area contributed by atoms with E-state index in [2.05, 4.69) is 11.9 Å². The quantitative estimate of drug-likeness (QED) is 0.157. The zero-order chi connectivity index (χ0) is 19.2. The number of unbranched alkanes of at least 4 members (excludes halogenated alkanes) is 13. The van der Waals surface area contributed by atoms with Gasteiger partial charge in [0.25, 0.3) is 0 Å². The first-order valence-corrected chi connectivity index (χ1v) is 9.89. The molecule has 0 aliphatic carbocycles. The first-order chi connectivity index (χ1) is 12.0. The molecule has 27 heavy (non-hydrogen) atoms. The summed E-state index contributed by atoms with van der Waals surface area (Å²) in [5, 5.41) is 19.0. The van der Waals surface area contributed by atoms with Gasteiger partial charge in [-0.05, 0) is 13.3 Å². The Labute approximate surface area is 210 Å². The Morgan fingerprint density at radius 1 is 0.704 bits per heavy atom. The number of carboxylic acids is 2. The van der Waals surface area contributed by atoms with Crippen LogP contribution in [0.4, 0.5) is 0 Å². The number of carbonyl (C=O) groups is 2. The van der Waals surface area contributed by atoms with Crippen LogP contribution in [0.2, 0.25) is 0 Å². The van der Waals surface area contributed by atoms with Gasteiger partial charge in [0.15, 0.2) is 0 Å². The van der Waals surface area contributed by atoms with Gasteiger partial charge in [-0.1, -0.05) is 90.4 Å². The van der Waals surface area contributed by atoms with E-state index in [9.17, 15) is 9.90 Å². The minimum absolute atomic E-state index is 0. The summed E-state index contributed by atoms with van der Waals surface area (Å²) in [5.41, 5.74) is 0. The minimum Gasteiger partial charge on any atom is -0.550 e. The number of hydrogen-bond acceptors (Lipinski definition) is 5. The minimum atomic E-state index is -1.19. The Morgan fingerprint density at radius 3 is 1.30 bits per heavy atom. The average Bonchev–Trinajstić information content (AvgIpc) is 2.53. The van der Waals surface area contributed by atoms with Crippen molar-refractivity contribution in [2.75, 3.05) is 6.54 Å². The molecule has 0 unspecified atom stereocenters. The van der Waals surface area contributed by atoms with Gasteiger partial charge < -0.3 is 19.8 Å². The summed E-state index contributed by atoms with van der Waals surface area (Å²) in [6, 6.07) is 0. The Balaban J connectivity index is -0.000000398. The van der Waals surface area contributed by atoms with Gasteiger partial charge in [0.2, 0.25) is 0 Å². The van der Waals surface area contributed by atoms with Gasteiger partial charge in [-0.15, -0.1) is 0 Å². The molecule has 0 spiro atoms. The molecular weight excluding hydrogens is 364 g/mol. The van der Waals surface area contributed by atoms with Crippen molar-refractivity contribution >= 4 is 18.2 Å². The van der Waals surface area contributed by atoms with Crippen LogP contribution in [0, 0.1) is 0 Å². The summed E-state index contributed by atoms with van der Waals surface area (Å²) in [4.78, 5) is 22.8. The van der Waals surface area contributed by atoms with Crippen molar-refractivity contribution in [3.05, 3.63) is 0 Å². The fourth-order valence-corrected chi connectivity index (χ4v) is 2.54. The summed E-state index contributed by atoms with van der Waals surface area (Å²) >= 11 is 0. The number of nitrogens with zero attached hydrogens (tertiary/aromatic N) is 1. The maximum Gasteiger partial charge on any atom is 1.00 e. The van der Waals surface area contributed by atoms with E-state index < -0.39 is 11.9 Å². The third kappa shape index (κ3) is 46.5. The predicted molar refractivity (Wildman–Crippen MR) is 99.4 cm³/mol. The molecule has 7 heteroatoms. The van der Waals surface area contributed by atoms with Gasteiger partial charge in [0, 0.05) is 18.7 Å². The second-order valence-corrected chi connectivity index (χ2v) is 6.44. The SMILES string of the molecule is CC(=O)[O-].CCCCCCCCCCCCCCCCN=CC(=O)[O-].[Na+].[Na+]. The number of carboxylic acid groups (broad SMARTS) is 2. The average molecular weight is 401 g/mol. The fraction of sp³-hybridized carbons (Fsp3) is 0.850. The molecule has 0 aromatic heterocycles. The fourth-order valence-electron chi connectivity index (χ4n) is 2.54. The molecule has 148 valence electrons. The zero-order valence-corrected chi connectivity index (χ0v) is 22.3. The van der Waals surface area contributed by atoms with Crippen molar-refractivity contribution in [2.45, 2.75) is 104 Å². The first-order valence-electron chi connectivity index (χ1n) is 9.89. The molecule has 0 aromatic carbocycles. The summed E-state index contributed by atoms with van der Waals surface area (Å²) in [6.07, 6.45) is 19.5. The van der Waals surface area contributed by atoms with Crippen LogP contribution in [0.1, 0.15) is 104 Å². The zero-order valence-electron chi connectivity index (χ0n) is 18.3. The molecule has 0 atom stereocenters. The molecule has 5 nitrogen and oxygen atoms in total. The molecule has 0 aliphatic rings. The first kappa shape index (κ1) is 35.1. The molecule has 0 aliphatic heterocycles. The number of carbonyl (C=O) groups excluding carboxylic acids is 2. The Kier molecular flexibility index (Phi) is 40.7. The number of rotatable bonds is 16. The van der Waals surface area contributed by atoms with E-state index in [4.69, 9.17) is 9.90 Å². The largest absolute Gasteiger partial charge is 1.00 e. The van der Waals surface area contributed by atoms with Crippen LogP contribution >= 0.6 is 0 Å². The van der Waals surface area contributed by atoms with Crippen molar-refractivity contribution in [3.63, 3.8) is 0 Å². The molecule has 0 radical (unpaired) electrons. The van der Waals surface area contributed by atoms with Crippen molar-refractivity contribution in [3.8, 4) is 0 Å². The number of hydrogen-bond donors (Lipinski definition) is 0. The Morgan fingerprint density at radius 2 is 1.00 bits per heavy atom. The molecule has 0 rings (SSSR count). The van der Waals surface area contributed by atoms with Gasteiger partial charge in [-0.2, -0.15) is 0 Å². The van der Waals surface area contributed by atoms with E-state index >= 15 is 0 Å². The van der Waals surface area contributed by atoms with Crippen LogP contribution in [0.3, 0.4) is 0 Å². The van der Waals surface area contributed by atoms with E-state index in [-0.39, 0.29) is 59.1 Å². The van der Waals surface area contributed by atoms with Crippen molar-refractivity contribution in [1.82, 2.24) is 0 Å². The van der Waals surface area contributed by atoms with E-state index in [0.717, 1.165) is 26.0 Å². The maximum absolute atomic E-state index is 10.1. The van der Waals surface area contributed by atoms with Crippen LogP contribution in [0.5, 0.6) is 0 Å². The molecule has 0 amide bonds. The van der Waals surface area contributed by atoms with E-state index in [1.807, 2.05) is 0 Å². The molecule has 0 fully saturated rings. The summed E-state index contributed by atoms with van der Waals surface area (Å²) in [7, 11) is 0. The van der Waals surface area contributed by atoms with Gasteiger partial charge in [-0.25, -0.2) is 0 Å². The molecule has 0 aromatic rings. The molecular formula is C20H37NNa2O4. The van der Waals surface area contributed by atoms with Gasteiger partial charge in [0.1, 0.15) is 0 Å². The monoisotopic (exact) mass is 401 g/mol. The van der Waals surface area contributed by atoms with Gasteiger partial charge >= 0.3 is 59.1 Å². The van der Waals surface area contributed by atoms with E-state index in [1.54, 1.807) is 0 Å². The standard InChI is InChI=1S/C18H35NO2.C2H4O2.2Na/c1-2-3-4-5-6-7-8-9-10-11-12-13-14-15-16-19-17-18(20)21;1-2(3)4;;/h17H,2-16H2,1H3,(H,20,21);1H3,(H,3,4);;/q;;2*+1/p-2. The summed E-state index contributed by atoms with van der Waals surface area (Å²) < 4.78 is 0. The predicted octanol–water partition coefficient (Wildman–Crippen LogP) is -2.95. The number of aliphatic carboxylic acids is 2. The molecule has 0 saturated heterocycles. The molecule has 0 N–H and O–H groups in total. The Bertz CT molecular complexity index is 336. The molecule has 0 saturated carbocycles. The maximum atomic E-state index is 10.1. The second kappa shape index (κ2) is 31.3. The number of aliphatic imine (C=N–C) groups is 1. The normalized spacial score (nSPS) is 9.70. The molecule has 0 heterocycles.